The predicted molar refractivity (Wildman–Crippen MR) is 89.1 cm³/mol. The summed E-state index contributed by atoms with van der Waals surface area (Å²) in [6, 6.07) is 13.3. The topological polar surface area (TPSA) is 37.3 Å². The second-order valence-electron chi connectivity index (χ2n) is 4.28. The van der Waals surface area contributed by atoms with Crippen LogP contribution in [0.1, 0.15) is 11.1 Å². The SMILES string of the molecule is O=C(O)C=Cc1cccc(CSc2ccc(Cl)c(Cl)c2)c1. The molecule has 0 aliphatic rings. The van der Waals surface area contributed by atoms with Crippen molar-refractivity contribution < 1.29 is 9.90 Å². The fraction of sp³-hybridized carbons (Fsp3) is 0.0625. The first-order valence-corrected chi connectivity index (χ1v) is 7.86. The Kier molecular flexibility index (Phi) is 5.74. The zero-order valence-corrected chi connectivity index (χ0v) is 13.3. The average Bonchev–Trinajstić information content (AvgIpc) is 2.47. The highest BCUT2D eigenvalue weighted by atomic mass is 35.5. The molecule has 0 fully saturated rings. The Labute approximate surface area is 137 Å². The van der Waals surface area contributed by atoms with Gasteiger partial charge in [-0.1, -0.05) is 47.5 Å². The number of rotatable bonds is 5. The van der Waals surface area contributed by atoms with Crippen molar-refractivity contribution in [1.82, 2.24) is 0 Å². The molecule has 1 N–H and O–H groups in total. The number of halogens is 2. The van der Waals surface area contributed by atoms with Crippen molar-refractivity contribution in [3.05, 3.63) is 69.7 Å². The minimum absolute atomic E-state index is 0.541. The van der Waals surface area contributed by atoms with Crippen LogP contribution in [0.5, 0.6) is 0 Å². The van der Waals surface area contributed by atoms with E-state index >= 15 is 0 Å². The van der Waals surface area contributed by atoms with Gasteiger partial charge in [-0.15, -0.1) is 11.8 Å². The Bertz CT molecular complexity index is 684. The third-order valence-electron chi connectivity index (χ3n) is 2.67. The Balaban J connectivity index is 2.04. The Morgan fingerprint density at radius 3 is 2.67 bits per heavy atom. The third kappa shape index (κ3) is 5.12. The molecule has 108 valence electrons. The van der Waals surface area contributed by atoms with Crippen LogP contribution in [0, 0.1) is 0 Å². The summed E-state index contributed by atoms with van der Waals surface area (Å²) >= 11 is 13.5. The number of hydrogen-bond acceptors (Lipinski definition) is 2. The molecule has 0 spiro atoms. The molecule has 0 saturated heterocycles. The average molecular weight is 339 g/mol. The molecule has 21 heavy (non-hydrogen) atoms. The molecule has 0 aliphatic heterocycles. The predicted octanol–water partition coefficient (Wildman–Crippen LogP) is 5.38. The minimum Gasteiger partial charge on any atom is -0.478 e. The molecular formula is C16H12Cl2O2S. The molecule has 0 radical (unpaired) electrons. The van der Waals surface area contributed by atoms with Gasteiger partial charge < -0.3 is 5.11 Å². The molecule has 0 heterocycles. The van der Waals surface area contributed by atoms with E-state index in [4.69, 9.17) is 28.3 Å². The highest BCUT2D eigenvalue weighted by Gasteiger charge is 2.01. The highest BCUT2D eigenvalue weighted by molar-refractivity contribution is 7.98. The van der Waals surface area contributed by atoms with E-state index < -0.39 is 5.97 Å². The van der Waals surface area contributed by atoms with Crippen molar-refractivity contribution in [3.8, 4) is 0 Å². The van der Waals surface area contributed by atoms with Crippen LogP contribution in [-0.4, -0.2) is 11.1 Å². The van der Waals surface area contributed by atoms with Gasteiger partial charge in [0.25, 0.3) is 0 Å². The number of carboxylic acids is 1. The number of hydrogen-bond donors (Lipinski definition) is 1. The van der Waals surface area contributed by atoms with Gasteiger partial charge in [-0.05, 0) is 35.4 Å². The first-order chi connectivity index (χ1) is 10.0. The molecule has 5 heteroatoms. The fourth-order valence-corrected chi connectivity index (χ4v) is 2.93. The van der Waals surface area contributed by atoms with Crippen LogP contribution in [0.2, 0.25) is 10.0 Å². The van der Waals surface area contributed by atoms with E-state index in [2.05, 4.69) is 0 Å². The van der Waals surface area contributed by atoms with E-state index in [1.807, 2.05) is 36.4 Å². The second-order valence-corrected chi connectivity index (χ2v) is 6.14. The lowest BCUT2D eigenvalue weighted by Gasteiger charge is -2.04. The maximum Gasteiger partial charge on any atom is 0.328 e. The number of thioether (sulfide) groups is 1. The molecule has 0 atom stereocenters. The van der Waals surface area contributed by atoms with Gasteiger partial charge in [0.15, 0.2) is 0 Å². The van der Waals surface area contributed by atoms with Crippen LogP contribution in [0.3, 0.4) is 0 Å². The normalized spacial score (nSPS) is 11.0. The molecule has 2 aromatic rings. The zero-order valence-electron chi connectivity index (χ0n) is 10.9. The molecule has 0 aromatic heterocycles. The van der Waals surface area contributed by atoms with E-state index in [-0.39, 0.29) is 0 Å². The van der Waals surface area contributed by atoms with Gasteiger partial charge in [-0.3, -0.25) is 0 Å². The summed E-state index contributed by atoms with van der Waals surface area (Å²) in [6.07, 6.45) is 2.71. The van der Waals surface area contributed by atoms with Crippen LogP contribution in [0.25, 0.3) is 6.08 Å². The lowest BCUT2D eigenvalue weighted by Crippen LogP contribution is -1.86. The van der Waals surface area contributed by atoms with E-state index in [1.165, 1.54) is 0 Å². The highest BCUT2D eigenvalue weighted by Crippen LogP contribution is 2.29. The van der Waals surface area contributed by atoms with E-state index in [9.17, 15) is 4.79 Å². The number of carboxylic acid groups (broad SMARTS) is 1. The van der Waals surface area contributed by atoms with Crippen molar-refractivity contribution in [1.29, 1.82) is 0 Å². The lowest BCUT2D eigenvalue weighted by atomic mass is 10.1. The Morgan fingerprint density at radius 1 is 1.14 bits per heavy atom. The van der Waals surface area contributed by atoms with Gasteiger partial charge in [0.05, 0.1) is 10.0 Å². The van der Waals surface area contributed by atoms with Gasteiger partial charge in [0, 0.05) is 16.7 Å². The van der Waals surface area contributed by atoms with Crippen LogP contribution in [0.4, 0.5) is 0 Å². The summed E-state index contributed by atoms with van der Waals surface area (Å²) in [5.74, 6) is -0.183. The molecule has 0 bridgehead atoms. The Hall–Kier alpha value is -1.42. The van der Waals surface area contributed by atoms with Gasteiger partial charge in [0.2, 0.25) is 0 Å². The zero-order chi connectivity index (χ0) is 15.2. The third-order valence-corrected chi connectivity index (χ3v) is 4.47. The maximum atomic E-state index is 10.5. The lowest BCUT2D eigenvalue weighted by molar-refractivity contribution is -0.131. The van der Waals surface area contributed by atoms with Gasteiger partial charge in [-0.25, -0.2) is 4.79 Å². The molecule has 0 saturated carbocycles. The summed E-state index contributed by atoms with van der Waals surface area (Å²) < 4.78 is 0. The summed E-state index contributed by atoms with van der Waals surface area (Å²) in [7, 11) is 0. The maximum absolute atomic E-state index is 10.5. The molecule has 2 nitrogen and oxygen atoms in total. The molecule has 2 rings (SSSR count). The summed E-state index contributed by atoms with van der Waals surface area (Å²) in [6.45, 7) is 0. The minimum atomic E-state index is -0.953. The number of carbonyl (C=O) groups is 1. The van der Waals surface area contributed by atoms with E-state index in [0.717, 1.165) is 27.9 Å². The van der Waals surface area contributed by atoms with Crippen molar-refractivity contribution in [2.75, 3.05) is 0 Å². The molecular weight excluding hydrogens is 327 g/mol. The van der Waals surface area contributed by atoms with Crippen molar-refractivity contribution in [2.45, 2.75) is 10.6 Å². The first kappa shape index (κ1) is 16.0. The summed E-state index contributed by atoms with van der Waals surface area (Å²) in [5, 5.41) is 9.72. The van der Waals surface area contributed by atoms with Gasteiger partial charge in [-0.2, -0.15) is 0 Å². The standard InChI is InChI=1S/C16H12Cl2O2S/c17-14-6-5-13(9-15(14)18)21-10-12-3-1-2-11(8-12)4-7-16(19)20/h1-9H,10H2,(H,19,20). The van der Waals surface area contributed by atoms with E-state index in [0.29, 0.717) is 10.0 Å². The summed E-state index contributed by atoms with van der Waals surface area (Å²) in [4.78, 5) is 11.6. The number of aliphatic carboxylic acids is 1. The first-order valence-electron chi connectivity index (χ1n) is 6.12. The van der Waals surface area contributed by atoms with Crippen LogP contribution >= 0.6 is 35.0 Å². The fourth-order valence-electron chi connectivity index (χ4n) is 1.69. The van der Waals surface area contributed by atoms with Gasteiger partial charge in [0.1, 0.15) is 0 Å². The van der Waals surface area contributed by atoms with Crippen molar-refractivity contribution in [2.24, 2.45) is 0 Å². The molecule has 0 aliphatic carbocycles. The van der Waals surface area contributed by atoms with Crippen LogP contribution in [-0.2, 0) is 10.5 Å². The van der Waals surface area contributed by atoms with Crippen molar-refractivity contribution in [3.63, 3.8) is 0 Å². The largest absolute Gasteiger partial charge is 0.478 e. The second kappa shape index (κ2) is 7.55. The summed E-state index contributed by atoms with van der Waals surface area (Å²) in [5.41, 5.74) is 1.98. The number of benzene rings is 2. The quantitative estimate of drug-likeness (QED) is 0.587. The van der Waals surface area contributed by atoms with Gasteiger partial charge >= 0.3 is 5.97 Å². The Morgan fingerprint density at radius 2 is 1.95 bits per heavy atom. The molecule has 2 aromatic carbocycles. The van der Waals surface area contributed by atoms with Crippen LogP contribution in [0.15, 0.2) is 53.4 Å². The van der Waals surface area contributed by atoms with Crippen LogP contribution < -0.4 is 0 Å². The molecule has 0 unspecified atom stereocenters. The van der Waals surface area contributed by atoms with Crippen molar-refractivity contribution >= 4 is 47.0 Å². The smallest absolute Gasteiger partial charge is 0.328 e. The molecule has 0 amide bonds. The monoisotopic (exact) mass is 338 g/mol. The van der Waals surface area contributed by atoms with E-state index in [1.54, 1.807) is 23.9 Å².